The number of hydrogen-bond acceptors (Lipinski definition) is 7. The summed E-state index contributed by atoms with van der Waals surface area (Å²) in [7, 11) is 0. The Balaban J connectivity index is 2.29. The standard InChI is InChI=1S/C17H11N5O4S2/c18-9-12-14(11-5-4-10(21(23)24)8-13(11)22(25)26)15(17(28)19-16(12)27)20-6-2-1-3-7-20/h1-8,14-15H,(H-,19,27,28)/p+1/t14-,15+/m1/s1. The second kappa shape index (κ2) is 7.71. The van der Waals surface area contributed by atoms with Crippen molar-refractivity contribution in [1.82, 2.24) is 5.32 Å². The van der Waals surface area contributed by atoms with Crippen molar-refractivity contribution < 1.29 is 14.4 Å². The molecule has 1 aromatic carbocycles. The normalized spacial score (nSPS) is 18.9. The predicted octanol–water partition coefficient (Wildman–Crippen LogP) is 2.71. The molecule has 0 saturated heterocycles. The van der Waals surface area contributed by atoms with Gasteiger partial charge in [0.25, 0.3) is 11.4 Å². The van der Waals surface area contributed by atoms with Crippen LogP contribution in [0.5, 0.6) is 0 Å². The second-order valence-corrected chi connectivity index (χ2v) is 6.75. The van der Waals surface area contributed by atoms with Gasteiger partial charge in [0.05, 0.1) is 38.5 Å². The summed E-state index contributed by atoms with van der Waals surface area (Å²) < 4.78 is 1.72. The molecule has 0 saturated carbocycles. The summed E-state index contributed by atoms with van der Waals surface area (Å²) in [5.74, 6) is -0.847. The number of non-ortho nitro benzene ring substituents is 1. The third kappa shape index (κ3) is 3.42. The van der Waals surface area contributed by atoms with Crippen LogP contribution >= 0.6 is 24.8 Å². The van der Waals surface area contributed by atoms with E-state index < -0.39 is 33.2 Å². The van der Waals surface area contributed by atoms with Crippen molar-refractivity contribution in [3.05, 3.63) is 85.2 Å². The van der Waals surface area contributed by atoms with E-state index in [-0.39, 0.29) is 16.2 Å². The quantitative estimate of drug-likeness (QED) is 0.259. The van der Waals surface area contributed by atoms with E-state index in [4.69, 9.17) is 12.2 Å². The number of thiocarbonyl (C=S) groups is 1. The van der Waals surface area contributed by atoms with Gasteiger partial charge in [-0.15, -0.1) is 12.6 Å². The van der Waals surface area contributed by atoms with E-state index >= 15 is 0 Å². The number of allylic oxidation sites excluding steroid dienone is 1. The summed E-state index contributed by atoms with van der Waals surface area (Å²) in [6, 6.07) is 10.1. The van der Waals surface area contributed by atoms with Gasteiger partial charge in [-0.05, 0) is 6.07 Å². The van der Waals surface area contributed by atoms with Crippen LogP contribution in [0.3, 0.4) is 0 Å². The topological polar surface area (TPSA) is 126 Å². The van der Waals surface area contributed by atoms with Gasteiger partial charge in [-0.1, -0.05) is 18.3 Å². The highest BCUT2D eigenvalue weighted by molar-refractivity contribution is 7.85. The van der Waals surface area contributed by atoms with Crippen molar-refractivity contribution in [3.63, 3.8) is 0 Å². The van der Waals surface area contributed by atoms with Crippen LogP contribution in [0.25, 0.3) is 0 Å². The summed E-state index contributed by atoms with van der Waals surface area (Å²) in [4.78, 5) is 21.6. The molecule has 0 spiro atoms. The molecule has 1 aliphatic heterocycles. The lowest BCUT2D eigenvalue weighted by Crippen LogP contribution is -2.52. The van der Waals surface area contributed by atoms with Crippen LogP contribution < -0.4 is 9.88 Å². The molecule has 1 N–H and O–H groups in total. The maximum atomic E-state index is 11.7. The zero-order valence-corrected chi connectivity index (χ0v) is 15.8. The Morgan fingerprint density at radius 2 is 1.86 bits per heavy atom. The van der Waals surface area contributed by atoms with E-state index in [0.29, 0.717) is 4.99 Å². The first-order valence-electron chi connectivity index (χ1n) is 7.87. The first kappa shape index (κ1) is 19.4. The number of nitro benzene ring substituents is 2. The molecule has 0 radical (unpaired) electrons. The van der Waals surface area contributed by atoms with Crippen molar-refractivity contribution in [2.45, 2.75) is 12.0 Å². The van der Waals surface area contributed by atoms with Gasteiger partial charge in [-0.3, -0.25) is 20.2 Å². The largest absolute Gasteiger partial charge is 0.339 e. The smallest absolute Gasteiger partial charge is 0.280 e. The van der Waals surface area contributed by atoms with Gasteiger partial charge in [0.2, 0.25) is 6.04 Å². The number of pyridine rings is 1. The molecule has 2 heterocycles. The summed E-state index contributed by atoms with van der Waals surface area (Å²) in [5, 5.41) is 35.4. The molecule has 1 aromatic heterocycles. The molecule has 0 unspecified atom stereocenters. The number of nitrogens with one attached hydrogen (secondary N) is 1. The van der Waals surface area contributed by atoms with Gasteiger partial charge >= 0.3 is 0 Å². The number of hydrogen-bond donors (Lipinski definition) is 2. The van der Waals surface area contributed by atoms with Gasteiger partial charge in [0, 0.05) is 23.8 Å². The fraction of sp³-hybridized carbons (Fsp3) is 0.118. The zero-order chi connectivity index (χ0) is 20.4. The number of aromatic nitrogens is 1. The fourth-order valence-electron chi connectivity index (χ4n) is 3.13. The van der Waals surface area contributed by atoms with Crippen molar-refractivity contribution in [1.29, 1.82) is 5.26 Å². The van der Waals surface area contributed by atoms with E-state index in [1.54, 1.807) is 35.2 Å². The van der Waals surface area contributed by atoms with Gasteiger partial charge in [0.1, 0.15) is 0 Å². The number of nitriles is 1. The highest BCUT2D eigenvalue weighted by atomic mass is 32.1. The highest BCUT2D eigenvalue weighted by Gasteiger charge is 2.45. The molecule has 0 amide bonds. The Hall–Kier alpha value is -3.36. The van der Waals surface area contributed by atoms with Gasteiger partial charge in [-0.2, -0.15) is 9.83 Å². The van der Waals surface area contributed by atoms with Crippen LogP contribution in [0.4, 0.5) is 11.4 Å². The van der Waals surface area contributed by atoms with Gasteiger partial charge < -0.3 is 5.32 Å². The summed E-state index contributed by atoms with van der Waals surface area (Å²) >= 11 is 9.71. The van der Waals surface area contributed by atoms with Crippen molar-refractivity contribution in [2.24, 2.45) is 0 Å². The Morgan fingerprint density at radius 3 is 2.43 bits per heavy atom. The van der Waals surface area contributed by atoms with Crippen molar-refractivity contribution >= 4 is 41.2 Å². The third-order valence-electron chi connectivity index (χ3n) is 4.33. The summed E-state index contributed by atoms with van der Waals surface area (Å²) in [6.45, 7) is 0. The Kier molecular flexibility index (Phi) is 5.34. The van der Waals surface area contributed by atoms with Crippen LogP contribution in [-0.2, 0) is 0 Å². The number of thiol groups is 1. The Bertz CT molecular complexity index is 1060. The van der Waals surface area contributed by atoms with E-state index in [1.165, 1.54) is 12.1 Å². The lowest BCUT2D eigenvalue weighted by Gasteiger charge is -2.29. The molecule has 28 heavy (non-hydrogen) atoms. The molecule has 140 valence electrons. The molecule has 9 nitrogen and oxygen atoms in total. The number of nitrogens with zero attached hydrogens (tertiary/aromatic N) is 4. The first-order valence-corrected chi connectivity index (χ1v) is 8.73. The first-order chi connectivity index (χ1) is 13.3. The van der Waals surface area contributed by atoms with Crippen LogP contribution in [0, 0.1) is 31.6 Å². The fourth-order valence-corrected chi connectivity index (χ4v) is 3.88. The molecule has 0 aliphatic carbocycles. The zero-order valence-electron chi connectivity index (χ0n) is 14.1. The molecular weight excluding hydrogens is 402 g/mol. The number of rotatable bonds is 4. The molecule has 3 rings (SSSR count). The van der Waals surface area contributed by atoms with Crippen LogP contribution in [-0.4, -0.2) is 14.8 Å². The average molecular weight is 414 g/mol. The number of nitro groups is 2. The van der Waals surface area contributed by atoms with E-state index in [2.05, 4.69) is 17.9 Å². The van der Waals surface area contributed by atoms with Crippen LogP contribution in [0.1, 0.15) is 17.5 Å². The Labute approximate surface area is 169 Å². The maximum absolute atomic E-state index is 11.7. The van der Waals surface area contributed by atoms with Crippen molar-refractivity contribution in [3.8, 4) is 6.07 Å². The molecule has 2 aromatic rings. The van der Waals surface area contributed by atoms with Crippen LogP contribution in [0.2, 0.25) is 0 Å². The predicted molar refractivity (Wildman–Crippen MR) is 106 cm³/mol. The lowest BCUT2D eigenvalue weighted by molar-refractivity contribution is -0.708. The van der Waals surface area contributed by atoms with Crippen LogP contribution in [0.15, 0.2) is 59.4 Å². The van der Waals surface area contributed by atoms with Gasteiger partial charge in [-0.25, -0.2) is 0 Å². The average Bonchev–Trinajstić information content (AvgIpc) is 2.67. The lowest BCUT2D eigenvalue weighted by atomic mass is 9.82. The molecular formula is C17H12N5O4S2+. The van der Waals surface area contributed by atoms with Crippen molar-refractivity contribution in [2.75, 3.05) is 0 Å². The second-order valence-electron chi connectivity index (χ2n) is 5.87. The molecule has 0 fully saturated rings. The summed E-state index contributed by atoms with van der Waals surface area (Å²) in [6.07, 6.45) is 3.45. The van der Waals surface area contributed by atoms with E-state index in [9.17, 15) is 25.5 Å². The molecule has 2 atom stereocenters. The van der Waals surface area contributed by atoms with E-state index in [0.717, 1.165) is 6.07 Å². The minimum absolute atomic E-state index is 0.143. The monoisotopic (exact) mass is 414 g/mol. The SMILES string of the molecule is N#CC1=C(S)NC(=S)[C@@H]([n+]2ccccc2)[C@@H]1c1ccc([N+](=O)[O-])cc1[N+](=O)[O-]. The van der Waals surface area contributed by atoms with E-state index in [1.807, 2.05) is 6.07 Å². The number of benzene rings is 1. The molecule has 11 heteroatoms. The minimum Gasteiger partial charge on any atom is -0.339 e. The maximum Gasteiger partial charge on any atom is 0.280 e. The molecule has 1 aliphatic rings. The molecule has 0 bridgehead atoms. The third-order valence-corrected chi connectivity index (χ3v) is 5.03. The summed E-state index contributed by atoms with van der Waals surface area (Å²) in [5.41, 5.74) is -0.581. The highest BCUT2D eigenvalue weighted by Crippen LogP contribution is 2.42. The van der Waals surface area contributed by atoms with Gasteiger partial charge in [0.15, 0.2) is 17.4 Å². The Morgan fingerprint density at radius 1 is 1.18 bits per heavy atom. The minimum atomic E-state index is -0.847.